The van der Waals surface area contributed by atoms with E-state index < -0.39 is 18.4 Å². The fraction of sp³-hybridized carbons (Fsp3) is 0.222. The standard InChI is InChI=1S/C9H6BrF3O3/c10-6-3-1-5(2-4-6)7(8(14)15)16-9(11,12)13/h1-4,7H,(H,14,15). The number of halogens is 4. The second-order valence-corrected chi connectivity index (χ2v) is 3.75. The van der Waals surface area contributed by atoms with E-state index in [0.717, 1.165) is 0 Å². The molecule has 1 unspecified atom stereocenters. The van der Waals surface area contributed by atoms with Crippen molar-refractivity contribution >= 4 is 21.9 Å². The number of hydrogen-bond acceptors (Lipinski definition) is 2. The topological polar surface area (TPSA) is 46.5 Å². The van der Waals surface area contributed by atoms with Gasteiger partial charge in [-0.05, 0) is 17.7 Å². The second kappa shape index (κ2) is 4.84. The van der Waals surface area contributed by atoms with Gasteiger partial charge in [0, 0.05) is 4.47 Å². The first kappa shape index (κ1) is 13.0. The number of hydrogen-bond donors (Lipinski definition) is 1. The van der Waals surface area contributed by atoms with Crippen LogP contribution >= 0.6 is 15.9 Å². The summed E-state index contributed by atoms with van der Waals surface area (Å²) in [6, 6.07) is 5.36. The molecule has 1 atom stereocenters. The van der Waals surface area contributed by atoms with Crippen LogP contribution in [0.2, 0.25) is 0 Å². The molecule has 1 aromatic carbocycles. The number of carboxylic acids is 1. The first-order valence-corrected chi connectivity index (χ1v) is 4.82. The van der Waals surface area contributed by atoms with Crippen molar-refractivity contribution in [3.05, 3.63) is 34.3 Å². The van der Waals surface area contributed by atoms with Crippen molar-refractivity contribution in [3.63, 3.8) is 0 Å². The van der Waals surface area contributed by atoms with E-state index in [1.54, 1.807) is 0 Å². The lowest BCUT2D eigenvalue weighted by Gasteiger charge is -2.15. The van der Waals surface area contributed by atoms with Gasteiger partial charge in [-0.15, -0.1) is 13.2 Å². The van der Waals surface area contributed by atoms with E-state index in [4.69, 9.17) is 5.11 Å². The van der Waals surface area contributed by atoms with Gasteiger partial charge in [0.25, 0.3) is 0 Å². The summed E-state index contributed by atoms with van der Waals surface area (Å²) in [6.07, 6.45) is -7.04. The minimum atomic E-state index is -4.99. The minimum absolute atomic E-state index is 0.0759. The summed E-state index contributed by atoms with van der Waals surface area (Å²) in [4.78, 5) is 10.6. The van der Waals surface area contributed by atoms with Crippen molar-refractivity contribution in [2.75, 3.05) is 0 Å². The van der Waals surface area contributed by atoms with E-state index in [1.807, 2.05) is 0 Å². The fourth-order valence-corrected chi connectivity index (χ4v) is 1.30. The SMILES string of the molecule is O=C(O)C(OC(F)(F)F)c1ccc(Br)cc1. The number of ether oxygens (including phenoxy) is 1. The smallest absolute Gasteiger partial charge is 0.479 e. The third-order valence-corrected chi connectivity index (χ3v) is 2.18. The second-order valence-electron chi connectivity index (χ2n) is 2.83. The highest BCUT2D eigenvalue weighted by molar-refractivity contribution is 9.10. The van der Waals surface area contributed by atoms with Gasteiger partial charge in [0.1, 0.15) is 0 Å². The zero-order valence-electron chi connectivity index (χ0n) is 7.66. The molecule has 7 heteroatoms. The molecule has 1 rings (SSSR count). The average molecular weight is 299 g/mol. The molecule has 0 aromatic heterocycles. The molecule has 16 heavy (non-hydrogen) atoms. The summed E-state index contributed by atoms with van der Waals surface area (Å²) in [6.45, 7) is 0. The Labute approximate surface area is 97.0 Å². The zero-order chi connectivity index (χ0) is 12.3. The van der Waals surface area contributed by atoms with Gasteiger partial charge < -0.3 is 5.11 Å². The van der Waals surface area contributed by atoms with E-state index in [2.05, 4.69) is 20.7 Å². The fourth-order valence-electron chi connectivity index (χ4n) is 1.03. The van der Waals surface area contributed by atoms with Crippen molar-refractivity contribution in [1.29, 1.82) is 0 Å². The Bertz CT molecular complexity index is 375. The lowest BCUT2D eigenvalue weighted by Crippen LogP contribution is -2.24. The molecule has 0 amide bonds. The Morgan fingerprint density at radius 2 is 1.81 bits per heavy atom. The van der Waals surface area contributed by atoms with E-state index in [9.17, 15) is 18.0 Å². The monoisotopic (exact) mass is 298 g/mol. The van der Waals surface area contributed by atoms with E-state index in [-0.39, 0.29) is 5.56 Å². The van der Waals surface area contributed by atoms with Gasteiger partial charge in [0.15, 0.2) is 6.10 Å². The highest BCUT2D eigenvalue weighted by Gasteiger charge is 2.37. The maximum absolute atomic E-state index is 11.9. The predicted octanol–water partition coefficient (Wildman–Crippen LogP) is 3.11. The first-order valence-electron chi connectivity index (χ1n) is 4.02. The van der Waals surface area contributed by atoms with Crippen LogP contribution in [-0.4, -0.2) is 17.4 Å². The third-order valence-electron chi connectivity index (χ3n) is 1.65. The summed E-state index contributed by atoms with van der Waals surface area (Å²) in [5, 5.41) is 8.62. The zero-order valence-corrected chi connectivity index (χ0v) is 9.25. The Balaban J connectivity index is 2.94. The molecule has 0 radical (unpaired) electrons. The van der Waals surface area contributed by atoms with Crippen molar-refractivity contribution in [1.82, 2.24) is 0 Å². The molecule has 0 bridgehead atoms. The number of aliphatic carboxylic acids is 1. The van der Waals surface area contributed by atoms with Gasteiger partial charge in [-0.2, -0.15) is 0 Å². The largest absolute Gasteiger partial charge is 0.523 e. The Morgan fingerprint density at radius 1 is 1.31 bits per heavy atom. The van der Waals surface area contributed by atoms with Gasteiger partial charge in [-0.1, -0.05) is 28.1 Å². The van der Waals surface area contributed by atoms with Gasteiger partial charge in [0.2, 0.25) is 0 Å². The van der Waals surface area contributed by atoms with Crippen LogP contribution in [0.15, 0.2) is 28.7 Å². The summed E-state index contributed by atoms with van der Waals surface area (Å²) >= 11 is 3.08. The predicted molar refractivity (Wildman–Crippen MR) is 51.7 cm³/mol. The molecule has 0 fully saturated rings. The molecule has 0 aliphatic carbocycles. The number of benzene rings is 1. The number of carbonyl (C=O) groups is 1. The van der Waals surface area contributed by atoms with Crippen LogP contribution in [0.5, 0.6) is 0 Å². The summed E-state index contributed by atoms with van der Waals surface area (Å²) in [5.41, 5.74) is -0.0759. The van der Waals surface area contributed by atoms with Crippen molar-refractivity contribution in [2.45, 2.75) is 12.5 Å². The number of carboxylic acid groups (broad SMARTS) is 1. The maximum Gasteiger partial charge on any atom is 0.523 e. The maximum atomic E-state index is 11.9. The van der Waals surface area contributed by atoms with E-state index in [1.165, 1.54) is 24.3 Å². The number of alkyl halides is 3. The normalized spacial score (nSPS) is 13.5. The van der Waals surface area contributed by atoms with Gasteiger partial charge in [0.05, 0.1) is 0 Å². The molecule has 88 valence electrons. The van der Waals surface area contributed by atoms with Crippen LogP contribution in [-0.2, 0) is 9.53 Å². The number of rotatable bonds is 3. The highest BCUT2D eigenvalue weighted by Crippen LogP contribution is 2.28. The van der Waals surface area contributed by atoms with Crippen molar-refractivity contribution in [3.8, 4) is 0 Å². The molecule has 0 aliphatic heterocycles. The Kier molecular flexibility index (Phi) is 3.93. The summed E-state index contributed by atoms with van der Waals surface area (Å²) < 4.78 is 40.0. The summed E-state index contributed by atoms with van der Waals surface area (Å²) in [7, 11) is 0. The minimum Gasteiger partial charge on any atom is -0.479 e. The van der Waals surface area contributed by atoms with E-state index in [0.29, 0.717) is 4.47 Å². The molecule has 1 aromatic rings. The molecule has 0 spiro atoms. The van der Waals surface area contributed by atoms with Crippen LogP contribution in [0, 0.1) is 0 Å². The Morgan fingerprint density at radius 3 is 2.19 bits per heavy atom. The molecule has 0 saturated carbocycles. The molecular formula is C9H6BrF3O3. The molecule has 0 aliphatic rings. The molecule has 1 N–H and O–H groups in total. The van der Waals surface area contributed by atoms with E-state index >= 15 is 0 Å². The van der Waals surface area contributed by atoms with Crippen LogP contribution < -0.4 is 0 Å². The molecule has 3 nitrogen and oxygen atoms in total. The lowest BCUT2D eigenvalue weighted by atomic mass is 10.1. The highest BCUT2D eigenvalue weighted by atomic mass is 79.9. The van der Waals surface area contributed by atoms with Gasteiger partial charge in [-0.3, -0.25) is 4.74 Å². The van der Waals surface area contributed by atoms with Crippen LogP contribution in [0.1, 0.15) is 11.7 Å². The van der Waals surface area contributed by atoms with Crippen molar-refractivity contribution < 1.29 is 27.8 Å². The molecule has 0 heterocycles. The summed E-state index contributed by atoms with van der Waals surface area (Å²) in [5.74, 6) is -1.69. The lowest BCUT2D eigenvalue weighted by molar-refractivity contribution is -0.341. The quantitative estimate of drug-likeness (QED) is 0.933. The van der Waals surface area contributed by atoms with Crippen LogP contribution in [0.25, 0.3) is 0 Å². The van der Waals surface area contributed by atoms with Gasteiger partial charge >= 0.3 is 12.3 Å². The van der Waals surface area contributed by atoms with Crippen molar-refractivity contribution in [2.24, 2.45) is 0 Å². The molecular weight excluding hydrogens is 293 g/mol. The first-order chi connectivity index (χ1) is 7.29. The van der Waals surface area contributed by atoms with Crippen LogP contribution in [0.3, 0.4) is 0 Å². The van der Waals surface area contributed by atoms with Crippen LogP contribution in [0.4, 0.5) is 13.2 Å². The Hall–Kier alpha value is -1.08. The van der Waals surface area contributed by atoms with Gasteiger partial charge in [-0.25, -0.2) is 4.79 Å². The third kappa shape index (κ3) is 3.82. The average Bonchev–Trinajstić information content (AvgIpc) is 2.14. The molecule has 0 saturated heterocycles.